The predicted octanol–water partition coefficient (Wildman–Crippen LogP) is 2.37. The van der Waals surface area contributed by atoms with E-state index in [0.29, 0.717) is 24.5 Å². The second kappa shape index (κ2) is 7.50. The molecule has 1 aliphatic heterocycles. The Morgan fingerprint density at radius 3 is 3.16 bits per heavy atom. The maximum Gasteiger partial charge on any atom is 0.251 e. The lowest BCUT2D eigenvalue weighted by atomic mass is 10.2. The van der Waals surface area contributed by atoms with Crippen LogP contribution in [0.25, 0.3) is 0 Å². The van der Waals surface area contributed by atoms with Gasteiger partial charge in [0.1, 0.15) is 5.75 Å². The highest BCUT2D eigenvalue weighted by Crippen LogP contribution is 2.14. The van der Waals surface area contributed by atoms with Crippen molar-refractivity contribution in [1.82, 2.24) is 5.32 Å². The largest absolute Gasteiger partial charge is 0.493 e. The first-order valence-corrected chi connectivity index (χ1v) is 7.60. The van der Waals surface area contributed by atoms with E-state index in [-0.39, 0.29) is 12.0 Å². The summed E-state index contributed by atoms with van der Waals surface area (Å²) in [5.74, 6) is 0.629. The third-order valence-corrected chi connectivity index (χ3v) is 3.28. The number of alkyl halides is 1. The number of hydrogen-bond donors (Lipinski definition) is 1. The molecule has 1 atom stereocenters. The molecule has 5 heteroatoms. The standard InChI is InChI=1S/C14H18BrNO3/c15-6-8-19-12-4-1-3-11(9-12)14(17)16-10-13-5-2-7-18-13/h1,3-4,9,13H,2,5-8,10H2,(H,16,17). The summed E-state index contributed by atoms with van der Waals surface area (Å²) < 4.78 is 10.9. The quantitative estimate of drug-likeness (QED) is 0.816. The Bertz CT molecular complexity index is 419. The lowest BCUT2D eigenvalue weighted by molar-refractivity contribution is 0.0857. The zero-order valence-corrected chi connectivity index (χ0v) is 12.3. The highest BCUT2D eigenvalue weighted by Gasteiger charge is 2.16. The molecule has 1 fully saturated rings. The summed E-state index contributed by atoms with van der Waals surface area (Å²) in [4.78, 5) is 12.0. The van der Waals surface area contributed by atoms with E-state index in [2.05, 4.69) is 21.2 Å². The van der Waals surface area contributed by atoms with E-state index in [0.717, 1.165) is 24.8 Å². The van der Waals surface area contributed by atoms with Gasteiger partial charge in [-0.2, -0.15) is 0 Å². The molecule has 1 N–H and O–H groups in total. The van der Waals surface area contributed by atoms with Crippen molar-refractivity contribution in [3.8, 4) is 5.75 Å². The minimum absolute atomic E-state index is 0.0835. The molecule has 0 aromatic heterocycles. The molecular formula is C14H18BrNO3. The molecule has 1 unspecified atom stereocenters. The van der Waals surface area contributed by atoms with Gasteiger partial charge >= 0.3 is 0 Å². The van der Waals surface area contributed by atoms with Crippen LogP contribution in [0, 0.1) is 0 Å². The fourth-order valence-corrected chi connectivity index (χ4v) is 2.16. The molecular weight excluding hydrogens is 310 g/mol. The molecule has 1 aliphatic rings. The van der Waals surface area contributed by atoms with Crippen molar-refractivity contribution >= 4 is 21.8 Å². The van der Waals surface area contributed by atoms with Gasteiger partial charge in [-0.15, -0.1) is 0 Å². The zero-order valence-electron chi connectivity index (χ0n) is 10.7. The first-order chi connectivity index (χ1) is 9.29. The summed E-state index contributed by atoms with van der Waals surface area (Å²) in [6.45, 7) is 1.96. The van der Waals surface area contributed by atoms with Crippen molar-refractivity contribution in [2.75, 3.05) is 25.1 Å². The third kappa shape index (κ3) is 4.51. The van der Waals surface area contributed by atoms with Crippen molar-refractivity contribution in [3.05, 3.63) is 29.8 Å². The Morgan fingerprint density at radius 1 is 1.53 bits per heavy atom. The van der Waals surface area contributed by atoms with Crippen molar-refractivity contribution in [2.24, 2.45) is 0 Å². The normalized spacial score (nSPS) is 18.3. The van der Waals surface area contributed by atoms with Crippen LogP contribution in [0.4, 0.5) is 0 Å². The van der Waals surface area contributed by atoms with Gasteiger partial charge in [0.2, 0.25) is 0 Å². The summed E-state index contributed by atoms with van der Waals surface area (Å²) >= 11 is 3.30. The van der Waals surface area contributed by atoms with Crippen LogP contribution in [0.1, 0.15) is 23.2 Å². The van der Waals surface area contributed by atoms with Crippen LogP contribution in [0.3, 0.4) is 0 Å². The highest BCUT2D eigenvalue weighted by molar-refractivity contribution is 9.09. The molecule has 1 saturated heterocycles. The topological polar surface area (TPSA) is 47.6 Å². The van der Waals surface area contributed by atoms with Crippen molar-refractivity contribution in [3.63, 3.8) is 0 Å². The zero-order chi connectivity index (χ0) is 13.5. The van der Waals surface area contributed by atoms with Gasteiger partial charge < -0.3 is 14.8 Å². The predicted molar refractivity (Wildman–Crippen MR) is 77.0 cm³/mol. The molecule has 0 bridgehead atoms. The van der Waals surface area contributed by atoms with Gasteiger partial charge in [-0.25, -0.2) is 0 Å². The fraction of sp³-hybridized carbons (Fsp3) is 0.500. The van der Waals surface area contributed by atoms with Crippen molar-refractivity contribution in [1.29, 1.82) is 0 Å². The number of hydrogen-bond acceptors (Lipinski definition) is 3. The molecule has 1 aromatic carbocycles. The summed E-state index contributed by atoms with van der Waals surface area (Å²) in [6, 6.07) is 7.21. The summed E-state index contributed by atoms with van der Waals surface area (Å²) in [6.07, 6.45) is 2.27. The van der Waals surface area contributed by atoms with E-state index in [1.807, 2.05) is 12.1 Å². The molecule has 4 nitrogen and oxygen atoms in total. The average Bonchev–Trinajstić information content (AvgIpc) is 2.96. The van der Waals surface area contributed by atoms with Crippen LogP contribution in [0.5, 0.6) is 5.75 Å². The van der Waals surface area contributed by atoms with Gasteiger partial charge in [-0.3, -0.25) is 4.79 Å². The molecule has 0 spiro atoms. The first-order valence-electron chi connectivity index (χ1n) is 6.48. The maximum absolute atomic E-state index is 12.0. The first kappa shape index (κ1) is 14.3. The SMILES string of the molecule is O=C(NCC1CCCO1)c1cccc(OCCBr)c1. The van der Waals surface area contributed by atoms with Gasteiger partial charge in [-0.1, -0.05) is 22.0 Å². The minimum atomic E-state index is -0.0835. The summed E-state index contributed by atoms with van der Waals surface area (Å²) in [7, 11) is 0. The van der Waals surface area contributed by atoms with Crippen LogP contribution < -0.4 is 10.1 Å². The fourth-order valence-electron chi connectivity index (χ4n) is 2.00. The smallest absolute Gasteiger partial charge is 0.251 e. The maximum atomic E-state index is 12.0. The van der Waals surface area contributed by atoms with Gasteiger partial charge in [0.15, 0.2) is 0 Å². The van der Waals surface area contributed by atoms with E-state index >= 15 is 0 Å². The van der Waals surface area contributed by atoms with E-state index in [4.69, 9.17) is 9.47 Å². The van der Waals surface area contributed by atoms with Gasteiger partial charge in [0.05, 0.1) is 12.7 Å². The van der Waals surface area contributed by atoms with Gasteiger partial charge in [0.25, 0.3) is 5.91 Å². The Balaban J connectivity index is 1.86. The van der Waals surface area contributed by atoms with E-state index < -0.39 is 0 Å². The van der Waals surface area contributed by atoms with Gasteiger partial charge in [-0.05, 0) is 31.0 Å². The number of carbonyl (C=O) groups is 1. The molecule has 1 aromatic rings. The number of nitrogens with one attached hydrogen (secondary N) is 1. The monoisotopic (exact) mass is 327 g/mol. The molecule has 0 radical (unpaired) electrons. The molecule has 2 rings (SSSR count). The molecule has 1 amide bonds. The van der Waals surface area contributed by atoms with E-state index in [1.165, 1.54) is 0 Å². The number of amides is 1. The molecule has 0 aliphatic carbocycles. The van der Waals surface area contributed by atoms with Crippen LogP contribution in [-0.2, 0) is 4.74 Å². The Morgan fingerprint density at radius 2 is 2.42 bits per heavy atom. The van der Waals surface area contributed by atoms with Crippen molar-refractivity contribution < 1.29 is 14.3 Å². The third-order valence-electron chi connectivity index (χ3n) is 2.96. The van der Waals surface area contributed by atoms with Crippen LogP contribution in [-0.4, -0.2) is 37.1 Å². The lowest BCUT2D eigenvalue weighted by Crippen LogP contribution is -2.31. The number of ether oxygens (including phenoxy) is 2. The highest BCUT2D eigenvalue weighted by atomic mass is 79.9. The van der Waals surface area contributed by atoms with E-state index in [9.17, 15) is 4.79 Å². The number of benzene rings is 1. The Hall–Kier alpha value is -1.07. The van der Waals surface area contributed by atoms with Crippen LogP contribution >= 0.6 is 15.9 Å². The lowest BCUT2D eigenvalue weighted by Gasteiger charge is -2.11. The number of rotatable bonds is 6. The number of halogens is 1. The van der Waals surface area contributed by atoms with E-state index in [1.54, 1.807) is 12.1 Å². The minimum Gasteiger partial charge on any atom is -0.493 e. The van der Waals surface area contributed by atoms with Crippen LogP contribution in [0.2, 0.25) is 0 Å². The molecule has 19 heavy (non-hydrogen) atoms. The second-order valence-corrected chi connectivity index (χ2v) is 5.20. The summed E-state index contributed by atoms with van der Waals surface area (Å²) in [5.41, 5.74) is 0.616. The van der Waals surface area contributed by atoms with Crippen LogP contribution in [0.15, 0.2) is 24.3 Å². The van der Waals surface area contributed by atoms with Gasteiger partial charge in [0, 0.05) is 24.0 Å². The Labute approximate surface area is 121 Å². The van der Waals surface area contributed by atoms with Crippen molar-refractivity contribution in [2.45, 2.75) is 18.9 Å². The molecule has 104 valence electrons. The Kier molecular flexibility index (Phi) is 5.66. The summed E-state index contributed by atoms with van der Waals surface area (Å²) in [5, 5.41) is 3.66. The number of carbonyl (C=O) groups excluding carboxylic acids is 1. The average molecular weight is 328 g/mol. The molecule has 1 heterocycles. The second-order valence-electron chi connectivity index (χ2n) is 4.41. The molecule has 0 saturated carbocycles.